The molecule has 4 heterocycles. The van der Waals surface area contributed by atoms with E-state index in [4.69, 9.17) is 4.74 Å². The Labute approximate surface area is 231 Å². The van der Waals surface area contributed by atoms with Crippen molar-refractivity contribution in [3.8, 4) is 5.75 Å². The molecular formula is C28H24F2N4O5S. The maximum absolute atomic E-state index is 15.3. The quantitative estimate of drug-likeness (QED) is 0.503. The van der Waals surface area contributed by atoms with Crippen molar-refractivity contribution in [1.29, 1.82) is 0 Å². The van der Waals surface area contributed by atoms with Gasteiger partial charge in [-0.05, 0) is 36.1 Å². The largest absolute Gasteiger partial charge is 0.502 e. The van der Waals surface area contributed by atoms with Crippen molar-refractivity contribution < 1.29 is 28.2 Å². The molecule has 0 radical (unpaired) electrons. The third-order valence-electron chi connectivity index (χ3n) is 7.83. The van der Waals surface area contributed by atoms with Crippen LogP contribution < -0.4 is 15.8 Å². The maximum atomic E-state index is 15.3. The number of hydrogen-bond acceptors (Lipinski definition) is 7. The van der Waals surface area contributed by atoms with Crippen molar-refractivity contribution in [3.63, 3.8) is 0 Å². The molecule has 1 saturated heterocycles. The summed E-state index contributed by atoms with van der Waals surface area (Å²) in [4.78, 5) is 41.4. The SMILES string of the molecule is O=C(NC1CC1)C1CN2C(=O)c3c(O)c(=O)ccn3N([C@@H]3c4ccccc4SCc4c3ccc(F)c4F)[C@@H]2CO1. The molecule has 0 bridgehead atoms. The summed E-state index contributed by atoms with van der Waals surface area (Å²) in [6.45, 7) is -0.194. The van der Waals surface area contributed by atoms with Gasteiger partial charge in [-0.15, -0.1) is 11.8 Å². The van der Waals surface area contributed by atoms with Crippen LogP contribution in [0, 0.1) is 11.6 Å². The summed E-state index contributed by atoms with van der Waals surface area (Å²) in [5, 5.41) is 15.5. The predicted octanol–water partition coefficient (Wildman–Crippen LogP) is 2.62. The van der Waals surface area contributed by atoms with E-state index in [9.17, 15) is 23.9 Å². The zero-order chi connectivity index (χ0) is 27.7. The molecule has 3 aliphatic heterocycles. The zero-order valence-electron chi connectivity index (χ0n) is 21.0. The summed E-state index contributed by atoms with van der Waals surface area (Å²) in [6.07, 6.45) is 1.42. The third kappa shape index (κ3) is 3.88. The summed E-state index contributed by atoms with van der Waals surface area (Å²) in [6, 6.07) is 10.5. The van der Waals surface area contributed by atoms with E-state index in [1.165, 1.54) is 33.6 Å². The average Bonchev–Trinajstić information content (AvgIpc) is 3.79. The summed E-state index contributed by atoms with van der Waals surface area (Å²) >= 11 is 1.37. The Morgan fingerprint density at radius 3 is 2.67 bits per heavy atom. The molecule has 0 spiro atoms. The van der Waals surface area contributed by atoms with Crippen LogP contribution in [0.3, 0.4) is 0 Å². The van der Waals surface area contributed by atoms with Crippen LogP contribution in [0.5, 0.6) is 5.75 Å². The molecule has 1 aromatic heterocycles. The van der Waals surface area contributed by atoms with Crippen LogP contribution in [0.4, 0.5) is 8.78 Å². The molecule has 1 aliphatic carbocycles. The number of benzene rings is 2. The van der Waals surface area contributed by atoms with Gasteiger partial charge in [0.15, 0.2) is 29.2 Å². The van der Waals surface area contributed by atoms with Crippen molar-refractivity contribution >= 4 is 23.6 Å². The highest BCUT2D eigenvalue weighted by molar-refractivity contribution is 7.98. The number of aromatic nitrogens is 1. The second kappa shape index (κ2) is 9.34. The number of ether oxygens (including phenoxy) is 1. The molecule has 1 saturated carbocycles. The Balaban J connectivity index is 1.42. The molecular weight excluding hydrogens is 542 g/mol. The van der Waals surface area contributed by atoms with E-state index < -0.39 is 47.0 Å². The van der Waals surface area contributed by atoms with Crippen molar-refractivity contribution in [2.75, 3.05) is 18.2 Å². The fraction of sp³-hybridized carbons (Fsp3) is 0.321. The van der Waals surface area contributed by atoms with Gasteiger partial charge in [-0.2, -0.15) is 0 Å². The fourth-order valence-electron chi connectivity index (χ4n) is 5.70. The summed E-state index contributed by atoms with van der Waals surface area (Å²) in [5.74, 6) is -3.44. The van der Waals surface area contributed by atoms with Crippen LogP contribution in [-0.2, 0) is 15.3 Å². The van der Waals surface area contributed by atoms with E-state index >= 15 is 4.39 Å². The van der Waals surface area contributed by atoms with Gasteiger partial charge in [-0.25, -0.2) is 8.78 Å². The first-order chi connectivity index (χ1) is 19.3. The predicted molar refractivity (Wildman–Crippen MR) is 141 cm³/mol. The van der Waals surface area contributed by atoms with Crippen LogP contribution in [0.25, 0.3) is 0 Å². The molecule has 40 heavy (non-hydrogen) atoms. The highest BCUT2D eigenvalue weighted by Crippen LogP contribution is 2.45. The highest BCUT2D eigenvalue weighted by atomic mass is 32.2. The van der Waals surface area contributed by atoms with Crippen LogP contribution in [0.1, 0.15) is 46.1 Å². The molecule has 7 rings (SSSR count). The number of rotatable bonds is 3. The van der Waals surface area contributed by atoms with E-state index in [2.05, 4.69) is 5.32 Å². The number of halogens is 2. The smallest absolute Gasteiger partial charge is 0.278 e. The van der Waals surface area contributed by atoms with E-state index in [0.717, 1.165) is 35.4 Å². The molecule has 2 N–H and O–H groups in total. The minimum absolute atomic E-state index is 0.0777. The molecule has 2 fully saturated rings. The lowest BCUT2D eigenvalue weighted by Gasteiger charge is -2.52. The second-order valence-corrected chi connectivity index (χ2v) is 11.3. The molecule has 3 atom stereocenters. The number of nitrogens with one attached hydrogen (secondary N) is 1. The number of carbonyl (C=O) groups is 2. The Bertz CT molecular complexity index is 1630. The first kappa shape index (κ1) is 25.1. The van der Waals surface area contributed by atoms with E-state index in [0.29, 0.717) is 5.56 Å². The number of thioether (sulfide) groups is 1. The summed E-state index contributed by atoms with van der Waals surface area (Å²) < 4.78 is 37.1. The lowest BCUT2D eigenvalue weighted by molar-refractivity contribution is -0.141. The first-order valence-electron chi connectivity index (χ1n) is 13.0. The van der Waals surface area contributed by atoms with Gasteiger partial charge >= 0.3 is 0 Å². The molecule has 3 aromatic rings. The van der Waals surface area contributed by atoms with Gasteiger partial charge in [0.25, 0.3) is 11.8 Å². The van der Waals surface area contributed by atoms with Gasteiger partial charge in [0.2, 0.25) is 5.43 Å². The number of nitrogens with zero attached hydrogens (tertiary/aromatic N) is 3. The molecule has 12 heteroatoms. The maximum Gasteiger partial charge on any atom is 0.278 e. The van der Waals surface area contributed by atoms with Crippen LogP contribution in [0.2, 0.25) is 0 Å². The Morgan fingerprint density at radius 2 is 1.88 bits per heavy atom. The molecule has 206 valence electrons. The number of fused-ring (bicyclic) bond motifs is 4. The van der Waals surface area contributed by atoms with E-state index in [1.807, 2.05) is 24.3 Å². The monoisotopic (exact) mass is 566 g/mol. The normalized spacial score (nSPS) is 23.4. The van der Waals surface area contributed by atoms with E-state index in [-0.39, 0.29) is 42.1 Å². The average molecular weight is 567 g/mol. The van der Waals surface area contributed by atoms with Crippen molar-refractivity contribution in [2.24, 2.45) is 0 Å². The number of aromatic hydroxyl groups is 1. The standard InChI is InChI=1S/C28H24F2N4O5S/c29-18-8-7-15-17(23(18)30)13-40-21-4-2-1-3-16(21)24(15)34-22-12-39-20(27(37)31-14-5-6-14)11-32(22)28(38)25-26(36)19(35)9-10-33(25)34/h1-4,7-10,14,20,22,24,36H,5-6,11-13H2,(H,31,37)/t20?,22-,24+/m1/s1. The van der Waals surface area contributed by atoms with Crippen LogP contribution >= 0.6 is 11.8 Å². The van der Waals surface area contributed by atoms with Gasteiger partial charge in [-0.3, -0.25) is 24.1 Å². The van der Waals surface area contributed by atoms with E-state index in [1.54, 1.807) is 5.01 Å². The number of carbonyl (C=O) groups excluding carboxylic acids is 2. The number of hydrogen-bond donors (Lipinski definition) is 2. The van der Waals surface area contributed by atoms with Crippen molar-refractivity contribution in [2.45, 2.75) is 47.8 Å². The molecule has 9 nitrogen and oxygen atoms in total. The second-order valence-electron chi connectivity index (χ2n) is 10.3. The zero-order valence-corrected chi connectivity index (χ0v) is 21.9. The number of amides is 2. The van der Waals surface area contributed by atoms with Crippen LogP contribution in [-0.4, -0.2) is 58.0 Å². The van der Waals surface area contributed by atoms with Crippen molar-refractivity contribution in [1.82, 2.24) is 14.9 Å². The van der Waals surface area contributed by atoms with Crippen LogP contribution in [0.15, 0.2) is 58.4 Å². The Hall–Kier alpha value is -3.90. The Morgan fingerprint density at radius 1 is 1.07 bits per heavy atom. The summed E-state index contributed by atoms with van der Waals surface area (Å²) in [5.41, 5.74) is 0.415. The van der Waals surface area contributed by atoms with Gasteiger partial charge in [0, 0.05) is 34.5 Å². The Kier molecular flexibility index (Phi) is 5.86. The third-order valence-corrected chi connectivity index (χ3v) is 8.95. The summed E-state index contributed by atoms with van der Waals surface area (Å²) in [7, 11) is 0. The minimum Gasteiger partial charge on any atom is -0.502 e. The topological polar surface area (TPSA) is 104 Å². The van der Waals surface area contributed by atoms with Crippen molar-refractivity contribution in [3.05, 3.63) is 92.9 Å². The molecule has 2 aromatic carbocycles. The lowest BCUT2D eigenvalue weighted by atomic mass is 9.93. The number of pyridine rings is 1. The fourth-order valence-corrected chi connectivity index (χ4v) is 6.81. The van der Waals surface area contributed by atoms with Gasteiger partial charge in [0.05, 0.1) is 19.2 Å². The highest BCUT2D eigenvalue weighted by Gasteiger charge is 2.49. The molecule has 2 amide bonds. The molecule has 4 aliphatic rings. The lowest BCUT2D eigenvalue weighted by Crippen LogP contribution is -2.68. The minimum atomic E-state index is -0.966. The van der Waals surface area contributed by atoms with Gasteiger partial charge in [-0.1, -0.05) is 24.3 Å². The number of morpholine rings is 1. The van der Waals surface area contributed by atoms with Gasteiger partial charge < -0.3 is 20.1 Å². The first-order valence-corrected chi connectivity index (χ1v) is 14.0. The molecule has 1 unspecified atom stereocenters. The van der Waals surface area contributed by atoms with Gasteiger partial charge in [0.1, 0.15) is 6.17 Å².